The molecule has 0 bridgehead atoms. The van der Waals surface area contributed by atoms with E-state index in [4.69, 9.17) is 0 Å². The highest BCUT2D eigenvalue weighted by molar-refractivity contribution is 7.88. The lowest BCUT2D eigenvalue weighted by atomic mass is 9.97. The summed E-state index contributed by atoms with van der Waals surface area (Å²) in [5.41, 5.74) is 4.44. The molecule has 1 N–H and O–H groups in total. The SMILES string of the molecule is Cc1ccc(CCCNC(=O)C2CCN(S(=O)(=O)Cc3ccc(C)cc3)CC2)cc1. The van der Waals surface area contributed by atoms with E-state index in [1.165, 1.54) is 15.4 Å². The van der Waals surface area contributed by atoms with E-state index in [0.29, 0.717) is 32.5 Å². The molecule has 0 radical (unpaired) electrons. The zero-order valence-corrected chi connectivity index (χ0v) is 18.7. The molecule has 6 heteroatoms. The highest BCUT2D eigenvalue weighted by atomic mass is 32.2. The van der Waals surface area contributed by atoms with Gasteiger partial charge in [-0.2, -0.15) is 0 Å². The summed E-state index contributed by atoms with van der Waals surface area (Å²) in [5.74, 6) is -0.0342. The second kappa shape index (κ2) is 10.2. The van der Waals surface area contributed by atoms with Gasteiger partial charge in [-0.15, -0.1) is 0 Å². The summed E-state index contributed by atoms with van der Waals surface area (Å²) < 4.78 is 27.0. The van der Waals surface area contributed by atoms with Crippen molar-refractivity contribution in [3.05, 3.63) is 70.8 Å². The highest BCUT2D eigenvalue weighted by Gasteiger charge is 2.31. The van der Waals surface area contributed by atoms with Crippen molar-refractivity contribution in [1.29, 1.82) is 0 Å². The average molecular weight is 429 g/mol. The highest BCUT2D eigenvalue weighted by Crippen LogP contribution is 2.22. The molecular weight excluding hydrogens is 396 g/mol. The minimum Gasteiger partial charge on any atom is -0.356 e. The number of carbonyl (C=O) groups excluding carboxylic acids is 1. The zero-order valence-electron chi connectivity index (χ0n) is 17.9. The van der Waals surface area contributed by atoms with Gasteiger partial charge in [0.1, 0.15) is 0 Å². The number of aryl methyl sites for hydroxylation is 3. The molecule has 2 aromatic carbocycles. The molecule has 0 unspecified atom stereocenters. The van der Waals surface area contributed by atoms with Crippen LogP contribution < -0.4 is 5.32 Å². The van der Waals surface area contributed by atoms with E-state index in [2.05, 4.69) is 36.5 Å². The van der Waals surface area contributed by atoms with Gasteiger partial charge in [0, 0.05) is 25.6 Å². The maximum Gasteiger partial charge on any atom is 0.223 e. The van der Waals surface area contributed by atoms with Crippen molar-refractivity contribution in [3.63, 3.8) is 0 Å². The fourth-order valence-corrected chi connectivity index (χ4v) is 5.35. The van der Waals surface area contributed by atoms with Gasteiger partial charge in [0.15, 0.2) is 0 Å². The van der Waals surface area contributed by atoms with Crippen LogP contribution in [0.15, 0.2) is 48.5 Å². The summed E-state index contributed by atoms with van der Waals surface area (Å²) in [6.45, 7) is 5.53. The lowest BCUT2D eigenvalue weighted by molar-refractivity contribution is -0.126. The topological polar surface area (TPSA) is 66.5 Å². The van der Waals surface area contributed by atoms with Crippen LogP contribution in [0.2, 0.25) is 0 Å². The zero-order chi connectivity index (χ0) is 21.6. The molecule has 0 spiro atoms. The monoisotopic (exact) mass is 428 g/mol. The fourth-order valence-electron chi connectivity index (χ4n) is 3.79. The predicted molar refractivity (Wildman–Crippen MR) is 121 cm³/mol. The molecule has 0 atom stereocenters. The van der Waals surface area contributed by atoms with Gasteiger partial charge in [-0.25, -0.2) is 12.7 Å². The van der Waals surface area contributed by atoms with Gasteiger partial charge < -0.3 is 5.32 Å². The van der Waals surface area contributed by atoms with Crippen molar-refractivity contribution in [2.45, 2.75) is 45.3 Å². The molecule has 1 aliphatic rings. The summed E-state index contributed by atoms with van der Waals surface area (Å²) in [5, 5.41) is 3.03. The smallest absolute Gasteiger partial charge is 0.223 e. The van der Waals surface area contributed by atoms with Crippen LogP contribution in [0.5, 0.6) is 0 Å². The van der Waals surface area contributed by atoms with Gasteiger partial charge in [-0.05, 0) is 50.7 Å². The third kappa shape index (κ3) is 6.41. The Labute approximate surface area is 180 Å². The summed E-state index contributed by atoms with van der Waals surface area (Å²) in [6, 6.07) is 16.1. The van der Waals surface area contributed by atoms with Crippen molar-refractivity contribution in [3.8, 4) is 0 Å². The number of carbonyl (C=O) groups is 1. The van der Waals surface area contributed by atoms with Crippen LogP contribution in [0.4, 0.5) is 0 Å². The molecule has 2 aromatic rings. The Kier molecular flexibility index (Phi) is 7.67. The van der Waals surface area contributed by atoms with Crippen LogP contribution in [-0.2, 0) is 27.0 Å². The summed E-state index contributed by atoms with van der Waals surface area (Å²) in [7, 11) is -3.35. The Morgan fingerprint density at radius 1 is 0.933 bits per heavy atom. The van der Waals surface area contributed by atoms with Gasteiger partial charge in [0.25, 0.3) is 0 Å². The molecule has 1 amide bonds. The molecule has 5 nitrogen and oxygen atoms in total. The van der Waals surface area contributed by atoms with Gasteiger partial charge in [0.05, 0.1) is 5.75 Å². The first-order valence-electron chi connectivity index (χ1n) is 10.7. The number of nitrogens with zero attached hydrogens (tertiary/aromatic N) is 1. The van der Waals surface area contributed by atoms with Gasteiger partial charge in [-0.1, -0.05) is 59.7 Å². The van der Waals surface area contributed by atoms with E-state index < -0.39 is 10.0 Å². The maximum absolute atomic E-state index is 12.7. The first-order valence-corrected chi connectivity index (χ1v) is 12.3. The Bertz CT molecular complexity index is 929. The molecule has 3 rings (SSSR count). The number of amides is 1. The Balaban J connectivity index is 1.40. The molecule has 0 aromatic heterocycles. The molecule has 1 heterocycles. The first-order chi connectivity index (χ1) is 14.3. The number of sulfonamides is 1. The fraction of sp³-hybridized carbons (Fsp3) is 0.458. The first kappa shape index (κ1) is 22.5. The molecule has 1 fully saturated rings. The summed E-state index contributed by atoms with van der Waals surface area (Å²) >= 11 is 0. The van der Waals surface area contributed by atoms with Crippen molar-refractivity contribution in [2.24, 2.45) is 5.92 Å². The minimum atomic E-state index is -3.35. The van der Waals surface area contributed by atoms with Gasteiger partial charge >= 0.3 is 0 Å². The molecule has 0 aliphatic carbocycles. The number of nitrogens with one attached hydrogen (secondary N) is 1. The quantitative estimate of drug-likeness (QED) is 0.654. The van der Waals surface area contributed by atoms with Crippen LogP contribution in [0.1, 0.15) is 41.5 Å². The van der Waals surface area contributed by atoms with Crippen LogP contribution in [0.25, 0.3) is 0 Å². The number of benzene rings is 2. The van der Waals surface area contributed by atoms with Crippen molar-refractivity contribution >= 4 is 15.9 Å². The standard InChI is InChI=1S/C24H32N2O3S/c1-19-5-9-21(10-6-19)4-3-15-25-24(27)23-13-16-26(17-14-23)30(28,29)18-22-11-7-20(2)8-12-22/h5-12,23H,3-4,13-18H2,1-2H3,(H,25,27). The van der Waals surface area contributed by atoms with Crippen LogP contribution in [0, 0.1) is 19.8 Å². The van der Waals surface area contributed by atoms with Crippen LogP contribution in [0.3, 0.4) is 0 Å². The normalized spacial score (nSPS) is 15.8. The van der Waals surface area contributed by atoms with Crippen molar-refractivity contribution < 1.29 is 13.2 Å². The van der Waals surface area contributed by atoms with Crippen LogP contribution in [-0.4, -0.2) is 38.3 Å². The van der Waals surface area contributed by atoms with E-state index in [0.717, 1.165) is 24.0 Å². The van der Waals surface area contributed by atoms with Gasteiger partial charge in [-0.3, -0.25) is 4.79 Å². The largest absolute Gasteiger partial charge is 0.356 e. The van der Waals surface area contributed by atoms with Crippen molar-refractivity contribution in [1.82, 2.24) is 9.62 Å². The van der Waals surface area contributed by atoms with E-state index in [-0.39, 0.29) is 17.6 Å². The van der Waals surface area contributed by atoms with E-state index in [1.54, 1.807) is 0 Å². The molecule has 1 saturated heterocycles. The Morgan fingerprint density at radius 3 is 2.03 bits per heavy atom. The lowest BCUT2D eigenvalue weighted by Crippen LogP contribution is -2.43. The summed E-state index contributed by atoms with van der Waals surface area (Å²) in [4.78, 5) is 12.5. The minimum absolute atomic E-state index is 0.0170. The molecule has 0 saturated carbocycles. The molecule has 1 aliphatic heterocycles. The lowest BCUT2D eigenvalue weighted by Gasteiger charge is -2.30. The molecule has 30 heavy (non-hydrogen) atoms. The number of rotatable bonds is 8. The number of hydrogen-bond donors (Lipinski definition) is 1. The van der Waals surface area contributed by atoms with Crippen molar-refractivity contribution in [2.75, 3.05) is 19.6 Å². The number of hydrogen-bond acceptors (Lipinski definition) is 3. The maximum atomic E-state index is 12.7. The van der Waals surface area contributed by atoms with Gasteiger partial charge in [0.2, 0.25) is 15.9 Å². The predicted octanol–water partition coefficient (Wildman–Crippen LogP) is 3.59. The van der Waals surface area contributed by atoms with E-state index in [9.17, 15) is 13.2 Å². The Hall–Kier alpha value is -2.18. The number of piperidine rings is 1. The van der Waals surface area contributed by atoms with E-state index in [1.807, 2.05) is 31.2 Å². The Morgan fingerprint density at radius 2 is 1.47 bits per heavy atom. The summed E-state index contributed by atoms with van der Waals surface area (Å²) in [6.07, 6.45) is 3.00. The third-order valence-corrected chi connectivity index (χ3v) is 7.60. The van der Waals surface area contributed by atoms with E-state index >= 15 is 0 Å². The van der Waals surface area contributed by atoms with Crippen LogP contribution >= 0.6 is 0 Å². The third-order valence-electron chi connectivity index (χ3n) is 5.75. The molecular formula is C24H32N2O3S. The molecule has 162 valence electrons. The second-order valence-electron chi connectivity index (χ2n) is 8.30. The average Bonchev–Trinajstić information content (AvgIpc) is 2.74. The second-order valence-corrected chi connectivity index (χ2v) is 10.3.